The average molecular weight is 388 g/mol. The maximum atomic E-state index is 12.7. The smallest absolute Gasteiger partial charge is 0.255 e. The van der Waals surface area contributed by atoms with E-state index in [1.807, 2.05) is 31.2 Å². The average Bonchev–Trinajstić information content (AvgIpc) is 2.62. The molecule has 3 rings (SSSR count). The highest BCUT2D eigenvalue weighted by Crippen LogP contribution is 2.32. The summed E-state index contributed by atoms with van der Waals surface area (Å²) in [6.45, 7) is 1.95. The number of amides is 2. The summed E-state index contributed by atoms with van der Waals surface area (Å²) in [7, 11) is 0. The number of rotatable bonds is 4. The van der Waals surface area contributed by atoms with Crippen LogP contribution in [0.1, 0.15) is 43.0 Å². The fraction of sp³-hybridized carbons (Fsp3) is 0.333. The van der Waals surface area contributed by atoms with Gasteiger partial charge in [-0.2, -0.15) is 0 Å². The van der Waals surface area contributed by atoms with Crippen LogP contribution in [-0.2, 0) is 4.79 Å². The fourth-order valence-electron chi connectivity index (χ4n) is 3.49. The largest absolute Gasteiger partial charge is 0.326 e. The Morgan fingerprint density at radius 2 is 1.67 bits per heavy atom. The molecular formula is C21H26ClN3O2. The van der Waals surface area contributed by atoms with Gasteiger partial charge in [0.15, 0.2) is 0 Å². The SMILES string of the molecule is CC1(N)CCCCC1C(=O)Nc1cccc(NC(=O)c2ccccc2)c1.Cl. The van der Waals surface area contributed by atoms with E-state index in [1.54, 1.807) is 30.3 Å². The van der Waals surface area contributed by atoms with E-state index in [1.165, 1.54) is 0 Å². The summed E-state index contributed by atoms with van der Waals surface area (Å²) < 4.78 is 0. The van der Waals surface area contributed by atoms with E-state index in [9.17, 15) is 9.59 Å². The standard InChI is InChI=1S/C21H25N3O2.ClH/c1-21(22)13-6-5-12-18(21)20(26)24-17-11-7-10-16(14-17)23-19(25)15-8-3-2-4-9-15;/h2-4,7-11,14,18H,5-6,12-13,22H2,1H3,(H,23,25)(H,24,26);1H. The number of hydrogen-bond donors (Lipinski definition) is 3. The molecule has 144 valence electrons. The lowest BCUT2D eigenvalue weighted by Crippen LogP contribution is -2.51. The zero-order valence-corrected chi connectivity index (χ0v) is 16.2. The van der Waals surface area contributed by atoms with Gasteiger partial charge in [-0.15, -0.1) is 12.4 Å². The minimum Gasteiger partial charge on any atom is -0.326 e. The molecule has 1 saturated carbocycles. The van der Waals surface area contributed by atoms with Crippen LogP contribution >= 0.6 is 12.4 Å². The predicted molar refractivity (Wildman–Crippen MR) is 111 cm³/mol. The van der Waals surface area contributed by atoms with Crippen molar-refractivity contribution in [3.63, 3.8) is 0 Å². The van der Waals surface area contributed by atoms with E-state index in [4.69, 9.17) is 5.73 Å². The molecule has 4 N–H and O–H groups in total. The van der Waals surface area contributed by atoms with Gasteiger partial charge in [0.2, 0.25) is 5.91 Å². The molecule has 5 nitrogen and oxygen atoms in total. The van der Waals surface area contributed by atoms with E-state index in [0.717, 1.165) is 25.7 Å². The Hall–Kier alpha value is -2.37. The summed E-state index contributed by atoms with van der Waals surface area (Å²) >= 11 is 0. The van der Waals surface area contributed by atoms with Gasteiger partial charge in [0, 0.05) is 22.5 Å². The minimum absolute atomic E-state index is 0. The highest BCUT2D eigenvalue weighted by atomic mass is 35.5. The van der Waals surface area contributed by atoms with Crippen molar-refractivity contribution in [1.29, 1.82) is 0 Å². The number of anilines is 2. The third kappa shape index (κ3) is 5.31. The number of nitrogens with one attached hydrogen (secondary N) is 2. The van der Waals surface area contributed by atoms with E-state index in [-0.39, 0.29) is 30.1 Å². The van der Waals surface area contributed by atoms with Crippen molar-refractivity contribution in [2.45, 2.75) is 38.1 Å². The first-order valence-electron chi connectivity index (χ1n) is 9.02. The third-order valence-corrected chi connectivity index (χ3v) is 4.99. The molecule has 2 amide bonds. The molecule has 2 unspecified atom stereocenters. The van der Waals surface area contributed by atoms with Crippen molar-refractivity contribution in [3.8, 4) is 0 Å². The van der Waals surface area contributed by atoms with Gasteiger partial charge >= 0.3 is 0 Å². The monoisotopic (exact) mass is 387 g/mol. The number of hydrogen-bond acceptors (Lipinski definition) is 3. The van der Waals surface area contributed by atoms with E-state index < -0.39 is 5.54 Å². The second-order valence-electron chi connectivity index (χ2n) is 7.19. The summed E-state index contributed by atoms with van der Waals surface area (Å²) in [6, 6.07) is 16.2. The molecule has 0 radical (unpaired) electrons. The minimum atomic E-state index is -0.471. The topological polar surface area (TPSA) is 84.2 Å². The van der Waals surface area contributed by atoms with Crippen LogP contribution in [0.5, 0.6) is 0 Å². The van der Waals surface area contributed by atoms with E-state index in [2.05, 4.69) is 10.6 Å². The molecule has 0 spiro atoms. The Bertz CT molecular complexity index is 793. The second kappa shape index (κ2) is 9.02. The first-order valence-corrected chi connectivity index (χ1v) is 9.02. The maximum absolute atomic E-state index is 12.7. The first-order chi connectivity index (χ1) is 12.5. The van der Waals surface area contributed by atoms with Crippen LogP contribution in [0.4, 0.5) is 11.4 Å². The Morgan fingerprint density at radius 1 is 1.00 bits per heavy atom. The van der Waals surface area contributed by atoms with Crippen LogP contribution in [-0.4, -0.2) is 17.4 Å². The van der Waals surface area contributed by atoms with Gasteiger partial charge in [0.1, 0.15) is 0 Å². The van der Waals surface area contributed by atoms with Crippen molar-refractivity contribution in [3.05, 3.63) is 60.2 Å². The van der Waals surface area contributed by atoms with Gasteiger partial charge in [-0.25, -0.2) is 0 Å². The quantitative estimate of drug-likeness (QED) is 0.734. The summed E-state index contributed by atoms with van der Waals surface area (Å²) in [6.07, 6.45) is 3.76. The molecule has 1 aliphatic rings. The fourth-order valence-corrected chi connectivity index (χ4v) is 3.49. The molecule has 0 aromatic heterocycles. The van der Waals surface area contributed by atoms with Crippen molar-refractivity contribution in [1.82, 2.24) is 0 Å². The molecule has 2 atom stereocenters. The zero-order valence-electron chi connectivity index (χ0n) is 15.4. The molecular weight excluding hydrogens is 362 g/mol. The Morgan fingerprint density at radius 3 is 2.33 bits per heavy atom. The van der Waals surface area contributed by atoms with Gasteiger partial charge in [-0.05, 0) is 50.1 Å². The van der Waals surface area contributed by atoms with E-state index >= 15 is 0 Å². The molecule has 2 aromatic rings. The highest BCUT2D eigenvalue weighted by Gasteiger charge is 2.37. The van der Waals surface area contributed by atoms with Crippen LogP contribution in [0.25, 0.3) is 0 Å². The van der Waals surface area contributed by atoms with Gasteiger partial charge in [-0.3, -0.25) is 9.59 Å². The van der Waals surface area contributed by atoms with Crippen LogP contribution in [0, 0.1) is 5.92 Å². The highest BCUT2D eigenvalue weighted by molar-refractivity contribution is 6.04. The number of benzene rings is 2. The van der Waals surface area contributed by atoms with Gasteiger partial charge in [0.25, 0.3) is 5.91 Å². The predicted octanol–water partition coefficient (Wildman–Crippen LogP) is 4.21. The summed E-state index contributed by atoms with van der Waals surface area (Å²) in [5.41, 5.74) is 7.72. The first kappa shape index (κ1) is 20.9. The van der Waals surface area contributed by atoms with Crippen LogP contribution < -0.4 is 16.4 Å². The van der Waals surface area contributed by atoms with E-state index in [0.29, 0.717) is 16.9 Å². The summed E-state index contributed by atoms with van der Waals surface area (Å²) in [5, 5.41) is 5.80. The van der Waals surface area contributed by atoms with Crippen LogP contribution in [0.15, 0.2) is 54.6 Å². The lowest BCUT2D eigenvalue weighted by molar-refractivity contribution is -0.122. The Balaban J connectivity index is 0.00000261. The Labute approximate surface area is 166 Å². The lowest BCUT2D eigenvalue weighted by Gasteiger charge is -2.37. The Kier molecular flexibility index (Phi) is 6.99. The second-order valence-corrected chi connectivity index (χ2v) is 7.19. The van der Waals surface area contributed by atoms with Gasteiger partial charge < -0.3 is 16.4 Å². The van der Waals surface area contributed by atoms with Crippen LogP contribution in [0.3, 0.4) is 0 Å². The third-order valence-electron chi connectivity index (χ3n) is 4.99. The summed E-state index contributed by atoms with van der Waals surface area (Å²) in [5.74, 6) is -0.434. The van der Waals surface area contributed by atoms with Crippen molar-refractivity contribution in [2.24, 2.45) is 11.7 Å². The number of nitrogens with two attached hydrogens (primary N) is 1. The molecule has 2 aromatic carbocycles. The normalized spacial score (nSPS) is 21.6. The molecule has 6 heteroatoms. The zero-order chi connectivity index (χ0) is 18.6. The van der Waals surface area contributed by atoms with Crippen LogP contribution in [0.2, 0.25) is 0 Å². The lowest BCUT2D eigenvalue weighted by atomic mass is 9.74. The molecule has 0 aliphatic heterocycles. The maximum Gasteiger partial charge on any atom is 0.255 e. The molecule has 0 saturated heterocycles. The molecule has 1 fully saturated rings. The number of halogens is 1. The van der Waals surface area contributed by atoms with Crippen molar-refractivity contribution in [2.75, 3.05) is 10.6 Å². The van der Waals surface area contributed by atoms with Gasteiger partial charge in [0.05, 0.1) is 5.92 Å². The number of carbonyl (C=O) groups is 2. The van der Waals surface area contributed by atoms with Crippen molar-refractivity contribution < 1.29 is 9.59 Å². The summed E-state index contributed by atoms with van der Waals surface area (Å²) in [4.78, 5) is 24.9. The van der Waals surface area contributed by atoms with Gasteiger partial charge in [-0.1, -0.05) is 37.1 Å². The number of carbonyl (C=O) groups excluding carboxylic acids is 2. The van der Waals surface area contributed by atoms with Crippen molar-refractivity contribution >= 4 is 35.6 Å². The molecule has 0 heterocycles. The molecule has 27 heavy (non-hydrogen) atoms. The molecule has 1 aliphatic carbocycles. The molecule has 0 bridgehead atoms.